The number of hydrogen-bond donors (Lipinski definition) is 1. The van der Waals surface area contributed by atoms with Gasteiger partial charge >= 0.3 is 12.4 Å². The lowest BCUT2D eigenvalue weighted by atomic mass is 10.2. The Hall–Kier alpha value is -3.35. The molecule has 168 valence electrons. The number of halogens is 7. The zero-order valence-electron chi connectivity index (χ0n) is 15.8. The standard InChI is InChI=1S/C18H11ClF6N6O/c1-8(15-27-7-28-31(15)13-3-2-9(6-26-13)17(20,21)22)29-16-30-12-5-10(18(23,24)25)4-11(19)14(12)32-16/h2-8H,1H3,(H,29,30). The highest BCUT2D eigenvalue weighted by atomic mass is 35.5. The van der Waals surface area contributed by atoms with Crippen molar-refractivity contribution in [3.63, 3.8) is 0 Å². The van der Waals surface area contributed by atoms with E-state index < -0.39 is 29.5 Å². The van der Waals surface area contributed by atoms with Gasteiger partial charge in [-0.05, 0) is 31.2 Å². The van der Waals surface area contributed by atoms with Gasteiger partial charge in [0.25, 0.3) is 6.01 Å². The Bertz CT molecular complexity index is 1260. The van der Waals surface area contributed by atoms with Gasteiger partial charge in [-0.15, -0.1) is 0 Å². The summed E-state index contributed by atoms with van der Waals surface area (Å²) in [7, 11) is 0. The first-order chi connectivity index (χ1) is 14.9. The highest BCUT2D eigenvalue weighted by molar-refractivity contribution is 6.34. The van der Waals surface area contributed by atoms with E-state index in [1.807, 2.05) is 0 Å². The summed E-state index contributed by atoms with van der Waals surface area (Å²) in [6, 6.07) is 2.71. The molecule has 0 aliphatic carbocycles. The highest BCUT2D eigenvalue weighted by Gasteiger charge is 2.33. The van der Waals surface area contributed by atoms with Gasteiger partial charge in [0.05, 0.1) is 22.2 Å². The second-order valence-corrected chi connectivity index (χ2v) is 7.03. The van der Waals surface area contributed by atoms with E-state index in [-0.39, 0.29) is 33.8 Å². The van der Waals surface area contributed by atoms with Crippen molar-refractivity contribution in [2.75, 3.05) is 5.32 Å². The molecule has 0 aliphatic heterocycles. The van der Waals surface area contributed by atoms with Gasteiger partial charge in [-0.3, -0.25) is 0 Å². The van der Waals surface area contributed by atoms with E-state index in [9.17, 15) is 26.3 Å². The number of anilines is 1. The normalized spacial score (nSPS) is 13.5. The van der Waals surface area contributed by atoms with Crippen molar-refractivity contribution in [2.45, 2.75) is 25.3 Å². The molecule has 0 radical (unpaired) electrons. The van der Waals surface area contributed by atoms with E-state index >= 15 is 0 Å². The van der Waals surface area contributed by atoms with Crippen LogP contribution in [-0.2, 0) is 12.4 Å². The van der Waals surface area contributed by atoms with Crippen molar-refractivity contribution >= 4 is 28.7 Å². The van der Waals surface area contributed by atoms with E-state index in [2.05, 4.69) is 25.4 Å². The number of hydrogen-bond acceptors (Lipinski definition) is 6. The van der Waals surface area contributed by atoms with Crippen LogP contribution in [0.15, 0.2) is 41.2 Å². The summed E-state index contributed by atoms with van der Waals surface area (Å²) in [4.78, 5) is 11.8. The molecule has 7 nitrogen and oxygen atoms in total. The average molecular weight is 477 g/mol. The summed E-state index contributed by atoms with van der Waals surface area (Å²) in [5.74, 6) is 0.316. The van der Waals surface area contributed by atoms with Crippen LogP contribution in [0, 0.1) is 0 Å². The van der Waals surface area contributed by atoms with Crippen LogP contribution in [0.1, 0.15) is 29.9 Å². The van der Waals surface area contributed by atoms with E-state index in [1.54, 1.807) is 6.92 Å². The lowest BCUT2D eigenvalue weighted by Gasteiger charge is -2.13. The SMILES string of the molecule is CC(Nc1nc2cc(C(F)(F)F)cc(Cl)c2o1)c1ncnn1-c1ccc(C(F)(F)F)cn1. The van der Waals surface area contributed by atoms with E-state index in [1.165, 1.54) is 11.0 Å². The number of aromatic nitrogens is 5. The molecule has 0 aliphatic rings. The van der Waals surface area contributed by atoms with Crippen LogP contribution in [0.5, 0.6) is 0 Å². The summed E-state index contributed by atoms with van der Waals surface area (Å²) < 4.78 is 83.8. The van der Waals surface area contributed by atoms with Gasteiger partial charge in [-0.2, -0.15) is 41.1 Å². The first-order valence-corrected chi connectivity index (χ1v) is 9.18. The summed E-state index contributed by atoms with van der Waals surface area (Å²) in [5, 5.41) is 6.51. The van der Waals surface area contributed by atoms with Crippen LogP contribution < -0.4 is 5.32 Å². The maximum Gasteiger partial charge on any atom is 0.417 e. The predicted molar refractivity (Wildman–Crippen MR) is 100 cm³/mol. The van der Waals surface area contributed by atoms with Crippen LogP contribution in [0.25, 0.3) is 16.9 Å². The number of oxazole rings is 1. The summed E-state index contributed by atoms with van der Waals surface area (Å²) >= 11 is 5.89. The number of alkyl halides is 6. The maximum atomic E-state index is 13.0. The fraction of sp³-hybridized carbons (Fsp3) is 0.222. The van der Waals surface area contributed by atoms with Gasteiger partial charge in [0.1, 0.15) is 11.8 Å². The monoisotopic (exact) mass is 476 g/mol. The number of fused-ring (bicyclic) bond motifs is 1. The molecule has 0 fully saturated rings. The highest BCUT2D eigenvalue weighted by Crippen LogP contribution is 2.36. The van der Waals surface area contributed by atoms with Gasteiger partial charge in [0.15, 0.2) is 17.2 Å². The Kier molecular flexibility index (Phi) is 5.23. The minimum absolute atomic E-state index is 0.0414. The van der Waals surface area contributed by atoms with E-state index in [4.69, 9.17) is 16.0 Å². The number of rotatable bonds is 4. The fourth-order valence-electron chi connectivity index (χ4n) is 2.87. The number of nitrogens with zero attached hydrogens (tertiary/aromatic N) is 5. The van der Waals surface area contributed by atoms with Crippen LogP contribution in [0.4, 0.5) is 32.4 Å². The van der Waals surface area contributed by atoms with Crippen LogP contribution in [0.3, 0.4) is 0 Å². The molecule has 3 heterocycles. The van der Waals surface area contributed by atoms with Crippen molar-refractivity contribution in [1.29, 1.82) is 0 Å². The molecule has 0 saturated heterocycles. The van der Waals surface area contributed by atoms with E-state index in [0.29, 0.717) is 6.20 Å². The first kappa shape index (κ1) is 21.9. The molecule has 0 bridgehead atoms. The molecule has 0 saturated carbocycles. The van der Waals surface area contributed by atoms with Gasteiger partial charge in [0, 0.05) is 6.20 Å². The molecule has 1 atom stereocenters. The third-order valence-corrected chi connectivity index (χ3v) is 4.65. The van der Waals surface area contributed by atoms with Crippen molar-refractivity contribution in [3.8, 4) is 5.82 Å². The van der Waals surface area contributed by atoms with Crippen LogP contribution in [-0.4, -0.2) is 24.7 Å². The largest absolute Gasteiger partial charge is 0.422 e. The van der Waals surface area contributed by atoms with Crippen molar-refractivity contribution in [2.24, 2.45) is 0 Å². The molecule has 0 amide bonds. The quantitative estimate of drug-likeness (QED) is 0.382. The topological polar surface area (TPSA) is 81.7 Å². The molecule has 3 aromatic heterocycles. The van der Waals surface area contributed by atoms with Crippen LogP contribution >= 0.6 is 11.6 Å². The second kappa shape index (κ2) is 7.65. The molecular formula is C18H11ClF6N6O. The van der Waals surface area contributed by atoms with Crippen molar-refractivity contribution in [1.82, 2.24) is 24.7 Å². The molecule has 32 heavy (non-hydrogen) atoms. The number of benzene rings is 1. The molecule has 1 aromatic carbocycles. The summed E-state index contributed by atoms with van der Waals surface area (Å²) in [6.07, 6.45) is -7.31. The summed E-state index contributed by atoms with van der Waals surface area (Å²) in [5.41, 5.74) is -2.04. The van der Waals surface area contributed by atoms with Gasteiger partial charge < -0.3 is 9.73 Å². The summed E-state index contributed by atoms with van der Waals surface area (Å²) in [6.45, 7) is 1.61. The number of nitrogens with one attached hydrogen (secondary N) is 1. The maximum absolute atomic E-state index is 13.0. The Balaban J connectivity index is 1.60. The zero-order valence-corrected chi connectivity index (χ0v) is 16.6. The molecule has 4 rings (SSSR count). The lowest BCUT2D eigenvalue weighted by molar-refractivity contribution is -0.138. The number of pyridine rings is 1. The molecule has 0 spiro atoms. The Morgan fingerprint density at radius 1 is 1.03 bits per heavy atom. The minimum atomic E-state index is -4.61. The van der Waals surface area contributed by atoms with Gasteiger partial charge in [-0.1, -0.05) is 11.6 Å². The van der Waals surface area contributed by atoms with Crippen molar-refractivity contribution in [3.05, 3.63) is 58.8 Å². The fourth-order valence-corrected chi connectivity index (χ4v) is 3.12. The molecule has 14 heteroatoms. The third-order valence-electron chi connectivity index (χ3n) is 4.37. The minimum Gasteiger partial charge on any atom is -0.422 e. The lowest BCUT2D eigenvalue weighted by Crippen LogP contribution is -2.15. The van der Waals surface area contributed by atoms with Gasteiger partial charge in [0.2, 0.25) is 0 Å². The zero-order chi connectivity index (χ0) is 23.3. The van der Waals surface area contributed by atoms with Gasteiger partial charge in [-0.25, -0.2) is 9.97 Å². The average Bonchev–Trinajstić information content (AvgIpc) is 3.33. The Morgan fingerprint density at radius 3 is 2.38 bits per heavy atom. The van der Waals surface area contributed by atoms with E-state index in [0.717, 1.165) is 24.3 Å². The Morgan fingerprint density at radius 2 is 1.75 bits per heavy atom. The van der Waals surface area contributed by atoms with Crippen LogP contribution in [0.2, 0.25) is 5.02 Å². The third kappa shape index (κ3) is 4.20. The molecule has 1 N–H and O–H groups in total. The first-order valence-electron chi connectivity index (χ1n) is 8.81. The molecular weight excluding hydrogens is 466 g/mol. The Labute approximate surface area is 180 Å². The smallest absolute Gasteiger partial charge is 0.417 e. The molecule has 1 unspecified atom stereocenters. The second-order valence-electron chi connectivity index (χ2n) is 6.62. The predicted octanol–water partition coefficient (Wildman–Crippen LogP) is 5.67. The van der Waals surface area contributed by atoms with Crippen molar-refractivity contribution < 1.29 is 30.8 Å². The molecule has 4 aromatic rings.